The zero-order valence-electron chi connectivity index (χ0n) is 15.4. The Kier molecular flexibility index (Phi) is 4.96. The first kappa shape index (κ1) is 17.0. The normalized spacial score (nSPS) is 17.0. The minimum Gasteiger partial charge on any atom is -0.490 e. The molecule has 1 fully saturated rings. The lowest BCUT2D eigenvalue weighted by Crippen LogP contribution is -2.35. The van der Waals surface area contributed by atoms with E-state index in [2.05, 4.69) is 81.2 Å². The van der Waals surface area contributed by atoms with Gasteiger partial charge in [0, 0.05) is 18.5 Å². The van der Waals surface area contributed by atoms with Crippen molar-refractivity contribution in [2.45, 2.75) is 45.1 Å². The maximum absolute atomic E-state index is 6.17. The highest BCUT2D eigenvalue weighted by molar-refractivity contribution is 5.40. The van der Waals surface area contributed by atoms with Crippen LogP contribution in [-0.2, 0) is 5.41 Å². The van der Waals surface area contributed by atoms with Gasteiger partial charge in [0.05, 0.1) is 0 Å². The quantitative estimate of drug-likeness (QED) is 0.802. The number of hydrogen-bond acceptors (Lipinski definition) is 2. The Morgan fingerprint density at radius 2 is 1.38 bits per heavy atom. The third-order valence-corrected chi connectivity index (χ3v) is 5.32. The maximum Gasteiger partial charge on any atom is 0.119 e. The van der Waals surface area contributed by atoms with E-state index in [0.717, 1.165) is 31.7 Å². The molecule has 2 aromatic carbocycles. The van der Waals surface area contributed by atoms with Crippen molar-refractivity contribution in [2.24, 2.45) is 0 Å². The molecular weight excluding hydrogens is 294 g/mol. The van der Waals surface area contributed by atoms with E-state index in [9.17, 15) is 0 Å². The Bertz CT molecular complexity index is 649. The van der Waals surface area contributed by atoms with Gasteiger partial charge in [0.2, 0.25) is 0 Å². The Labute approximate surface area is 146 Å². The van der Waals surface area contributed by atoms with Crippen molar-refractivity contribution in [3.63, 3.8) is 0 Å². The van der Waals surface area contributed by atoms with E-state index in [4.69, 9.17) is 4.74 Å². The molecule has 2 aromatic rings. The van der Waals surface area contributed by atoms with Crippen LogP contribution in [0.1, 0.15) is 43.4 Å². The van der Waals surface area contributed by atoms with Crippen molar-refractivity contribution >= 4 is 0 Å². The van der Waals surface area contributed by atoms with Crippen molar-refractivity contribution in [1.29, 1.82) is 0 Å². The topological polar surface area (TPSA) is 12.5 Å². The summed E-state index contributed by atoms with van der Waals surface area (Å²) >= 11 is 0. The highest BCUT2D eigenvalue weighted by atomic mass is 16.5. The molecule has 0 bridgehead atoms. The van der Waals surface area contributed by atoms with Gasteiger partial charge in [-0.15, -0.1) is 0 Å². The van der Waals surface area contributed by atoms with Gasteiger partial charge in [-0.05, 0) is 50.1 Å². The molecule has 2 nitrogen and oxygen atoms in total. The van der Waals surface area contributed by atoms with Gasteiger partial charge < -0.3 is 9.64 Å². The Morgan fingerprint density at radius 3 is 1.92 bits per heavy atom. The van der Waals surface area contributed by atoms with E-state index in [0.29, 0.717) is 6.10 Å². The summed E-state index contributed by atoms with van der Waals surface area (Å²) < 4.78 is 6.17. The predicted octanol–water partition coefficient (Wildman–Crippen LogP) is 4.79. The molecule has 1 heterocycles. The summed E-state index contributed by atoms with van der Waals surface area (Å²) in [6.07, 6.45) is 2.59. The average Bonchev–Trinajstić information content (AvgIpc) is 2.58. The first-order valence-corrected chi connectivity index (χ1v) is 8.98. The van der Waals surface area contributed by atoms with Crippen molar-refractivity contribution in [1.82, 2.24) is 4.90 Å². The molecule has 0 spiro atoms. The van der Waals surface area contributed by atoms with Gasteiger partial charge in [-0.1, -0.05) is 55.8 Å². The molecule has 1 aliphatic heterocycles. The summed E-state index contributed by atoms with van der Waals surface area (Å²) in [4.78, 5) is 2.37. The van der Waals surface area contributed by atoms with Gasteiger partial charge in [-0.2, -0.15) is 0 Å². The summed E-state index contributed by atoms with van der Waals surface area (Å²) in [6.45, 7) is 8.95. The van der Waals surface area contributed by atoms with Gasteiger partial charge in [0.1, 0.15) is 11.9 Å². The molecule has 2 heteroatoms. The van der Waals surface area contributed by atoms with Gasteiger partial charge in [-0.3, -0.25) is 0 Å². The molecule has 0 radical (unpaired) electrons. The molecule has 128 valence electrons. The van der Waals surface area contributed by atoms with Crippen LogP contribution < -0.4 is 4.74 Å². The third kappa shape index (κ3) is 3.81. The highest BCUT2D eigenvalue weighted by Crippen LogP contribution is 2.32. The van der Waals surface area contributed by atoms with Gasteiger partial charge in [0.15, 0.2) is 0 Å². The molecule has 0 saturated carbocycles. The van der Waals surface area contributed by atoms with Crippen LogP contribution in [0.15, 0.2) is 48.5 Å². The summed E-state index contributed by atoms with van der Waals surface area (Å²) in [6, 6.07) is 17.5. The van der Waals surface area contributed by atoms with Crippen LogP contribution in [0, 0.1) is 6.92 Å². The number of rotatable bonds is 4. The average molecular weight is 323 g/mol. The first-order chi connectivity index (χ1) is 11.4. The smallest absolute Gasteiger partial charge is 0.119 e. The molecule has 1 saturated heterocycles. The number of benzene rings is 2. The van der Waals surface area contributed by atoms with E-state index >= 15 is 0 Å². The second kappa shape index (κ2) is 6.98. The second-order valence-electron chi connectivity index (χ2n) is 7.64. The van der Waals surface area contributed by atoms with Crippen LogP contribution >= 0.6 is 0 Å². The lowest BCUT2D eigenvalue weighted by atomic mass is 9.78. The van der Waals surface area contributed by atoms with Crippen molar-refractivity contribution in [3.05, 3.63) is 65.2 Å². The zero-order chi connectivity index (χ0) is 17.2. The SMILES string of the molecule is Cc1ccc(C(C)(C)c2ccc(OC3CCN(C)CC3)cc2)cc1. The molecule has 3 rings (SSSR count). The van der Waals surface area contributed by atoms with Crippen LogP contribution in [0.5, 0.6) is 5.75 Å². The van der Waals surface area contributed by atoms with Crippen molar-refractivity contribution in [3.8, 4) is 5.75 Å². The molecule has 0 N–H and O–H groups in total. The van der Waals surface area contributed by atoms with Gasteiger partial charge >= 0.3 is 0 Å². The minimum atomic E-state index is -0.000218. The summed E-state index contributed by atoms with van der Waals surface area (Å²) in [5, 5.41) is 0. The number of aryl methyl sites for hydroxylation is 1. The van der Waals surface area contributed by atoms with E-state index in [1.165, 1.54) is 16.7 Å². The fraction of sp³-hybridized carbons (Fsp3) is 0.455. The molecule has 0 amide bonds. The largest absolute Gasteiger partial charge is 0.490 e. The van der Waals surface area contributed by atoms with Crippen LogP contribution in [-0.4, -0.2) is 31.1 Å². The van der Waals surface area contributed by atoms with Crippen LogP contribution in [0.2, 0.25) is 0 Å². The Morgan fingerprint density at radius 1 is 0.875 bits per heavy atom. The maximum atomic E-state index is 6.17. The van der Waals surface area contributed by atoms with E-state index < -0.39 is 0 Å². The van der Waals surface area contributed by atoms with Crippen molar-refractivity contribution in [2.75, 3.05) is 20.1 Å². The summed E-state index contributed by atoms with van der Waals surface area (Å²) in [5.74, 6) is 0.994. The molecule has 0 atom stereocenters. The number of likely N-dealkylation sites (tertiary alicyclic amines) is 1. The summed E-state index contributed by atoms with van der Waals surface area (Å²) in [7, 11) is 2.18. The van der Waals surface area contributed by atoms with E-state index in [-0.39, 0.29) is 5.41 Å². The van der Waals surface area contributed by atoms with E-state index in [1.807, 2.05) is 0 Å². The Hall–Kier alpha value is -1.80. The number of ether oxygens (including phenoxy) is 1. The molecule has 0 aliphatic carbocycles. The predicted molar refractivity (Wildman–Crippen MR) is 101 cm³/mol. The van der Waals surface area contributed by atoms with Crippen LogP contribution in [0.3, 0.4) is 0 Å². The van der Waals surface area contributed by atoms with E-state index in [1.54, 1.807) is 0 Å². The molecular formula is C22H29NO. The van der Waals surface area contributed by atoms with Crippen LogP contribution in [0.4, 0.5) is 0 Å². The first-order valence-electron chi connectivity index (χ1n) is 8.98. The lowest BCUT2D eigenvalue weighted by molar-refractivity contribution is 0.114. The fourth-order valence-corrected chi connectivity index (χ4v) is 3.38. The van der Waals surface area contributed by atoms with Crippen LogP contribution in [0.25, 0.3) is 0 Å². The summed E-state index contributed by atoms with van der Waals surface area (Å²) in [5.41, 5.74) is 3.97. The fourth-order valence-electron chi connectivity index (χ4n) is 3.38. The molecule has 0 aromatic heterocycles. The zero-order valence-corrected chi connectivity index (χ0v) is 15.4. The molecule has 24 heavy (non-hydrogen) atoms. The lowest BCUT2D eigenvalue weighted by Gasteiger charge is -2.30. The monoisotopic (exact) mass is 323 g/mol. The standard InChI is InChI=1S/C22H29NO/c1-17-5-7-18(8-6-17)22(2,3)19-9-11-20(12-10-19)24-21-13-15-23(4)16-14-21/h5-12,21H,13-16H2,1-4H3. The number of hydrogen-bond donors (Lipinski definition) is 0. The number of nitrogens with zero attached hydrogens (tertiary/aromatic N) is 1. The highest BCUT2D eigenvalue weighted by Gasteiger charge is 2.23. The second-order valence-corrected chi connectivity index (χ2v) is 7.64. The minimum absolute atomic E-state index is 0.000218. The van der Waals surface area contributed by atoms with Crippen molar-refractivity contribution < 1.29 is 4.74 Å². The third-order valence-electron chi connectivity index (χ3n) is 5.32. The number of piperidine rings is 1. The van der Waals surface area contributed by atoms with Gasteiger partial charge in [-0.25, -0.2) is 0 Å². The van der Waals surface area contributed by atoms with Gasteiger partial charge in [0.25, 0.3) is 0 Å². The molecule has 0 unspecified atom stereocenters. The Balaban J connectivity index is 1.70. The molecule has 1 aliphatic rings.